The molecule has 0 aromatic rings. The van der Waals surface area contributed by atoms with Crippen LogP contribution in [0.25, 0.3) is 0 Å². The maximum absolute atomic E-state index is 5.60. The molecule has 0 saturated carbocycles. The van der Waals surface area contributed by atoms with Crippen molar-refractivity contribution in [3.8, 4) is 0 Å². The number of hydrogen-bond acceptors (Lipinski definition) is 1. The second-order valence-electron chi connectivity index (χ2n) is 3.48. The van der Waals surface area contributed by atoms with E-state index in [2.05, 4.69) is 28.3 Å². The van der Waals surface area contributed by atoms with Crippen LogP contribution in [0.5, 0.6) is 0 Å². The molecule has 0 atom stereocenters. The Morgan fingerprint density at radius 1 is 1.45 bits per heavy atom. The maximum atomic E-state index is 5.60. The van der Waals surface area contributed by atoms with Crippen molar-refractivity contribution in [2.75, 3.05) is 7.11 Å². The molecule has 0 saturated heterocycles. The van der Waals surface area contributed by atoms with Gasteiger partial charge in [-0.25, -0.2) is 0 Å². The van der Waals surface area contributed by atoms with Crippen molar-refractivity contribution in [3.63, 3.8) is 0 Å². The zero-order chi connectivity index (χ0) is 8.48. The summed E-state index contributed by atoms with van der Waals surface area (Å²) in [5.74, 6) is 0. The average Bonchev–Trinajstić information content (AvgIpc) is 2.36. The first kappa shape index (κ1) is 9.41. The van der Waals surface area contributed by atoms with Gasteiger partial charge in [-0.1, -0.05) is 0 Å². The van der Waals surface area contributed by atoms with Crippen LogP contribution in [0.2, 0.25) is 9.26 Å². The number of rotatable bonds is 2. The van der Waals surface area contributed by atoms with Gasteiger partial charge in [0, 0.05) is 0 Å². The molecule has 0 aromatic heterocycles. The molecule has 0 bridgehead atoms. The molecule has 0 fully saturated rings. The molecule has 0 unspecified atom stereocenters. The van der Waals surface area contributed by atoms with Gasteiger partial charge in [0.25, 0.3) is 0 Å². The Labute approximate surface area is 74.2 Å². The van der Waals surface area contributed by atoms with Gasteiger partial charge in [-0.05, 0) is 0 Å². The van der Waals surface area contributed by atoms with Gasteiger partial charge in [-0.15, -0.1) is 0 Å². The first-order valence-electron chi connectivity index (χ1n) is 4.00. The monoisotopic (exact) mass is 230 g/mol. The van der Waals surface area contributed by atoms with Crippen molar-refractivity contribution in [2.24, 2.45) is 0 Å². The molecular formula is C9H16OZr. The summed E-state index contributed by atoms with van der Waals surface area (Å²) in [5.41, 5.74) is 1.45. The van der Waals surface area contributed by atoms with Crippen LogP contribution in [-0.4, -0.2) is 7.11 Å². The van der Waals surface area contributed by atoms with Gasteiger partial charge in [0.2, 0.25) is 0 Å². The molecule has 1 aliphatic carbocycles. The third kappa shape index (κ3) is 1.92. The predicted molar refractivity (Wildman–Crippen MR) is 45.2 cm³/mol. The number of allylic oxidation sites excluding steroid dienone is 4. The van der Waals surface area contributed by atoms with E-state index >= 15 is 0 Å². The zero-order valence-corrected chi connectivity index (χ0v) is 10.2. The second kappa shape index (κ2) is 3.37. The third-order valence-electron chi connectivity index (χ3n) is 2.40. The van der Waals surface area contributed by atoms with E-state index in [1.807, 2.05) is 7.11 Å². The second-order valence-corrected chi connectivity index (χ2v) is 13.4. The fourth-order valence-electron chi connectivity index (χ4n) is 1.46. The van der Waals surface area contributed by atoms with Gasteiger partial charge in [-0.3, -0.25) is 0 Å². The van der Waals surface area contributed by atoms with E-state index in [1.165, 1.54) is 5.57 Å². The van der Waals surface area contributed by atoms with Gasteiger partial charge < -0.3 is 0 Å². The molecule has 0 aliphatic heterocycles. The van der Waals surface area contributed by atoms with E-state index in [4.69, 9.17) is 2.81 Å². The fraction of sp³-hybridized carbons (Fsp3) is 0.556. The predicted octanol–water partition coefficient (Wildman–Crippen LogP) is 3.03. The van der Waals surface area contributed by atoms with Gasteiger partial charge in [0.15, 0.2) is 0 Å². The Bertz CT molecular complexity index is 214. The first-order chi connectivity index (χ1) is 5.08. The molecule has 0 N–H and O–H groups in total. The van der Waals surface area contributed by atoms with Crippen LogP contribution in [0.3, 0.4) is 0 Å². The summed E-state index contributed by atoms with van der Waals surface area (Å²) in [6.45, 7) is 2.19. The SMILES string of the molecule is C[O][Zr]([CH3])([CH3])[C]1=C(C)C=CC1. The molecule has 0 amide bonds. The summed E-state index contributed by atoms with van der Waals surface area (Å²) in [4.78, 5) is 0. The van der Waals surface area contributed by atoms with E-state index in [0.29, 0.717) is 0 Å². The number of hydrogen-bond donors (Lipinski definition) is 0. The summed E-state index contributed by atoms with van der Waals surface area (Å²) < 4.78 is 11.9. The average molecular weight is 231 g/mol. The fourth-order valence-corrected chi connectivity index (χ4v) is 6.10. The normalized spacial score (nSPS) is 18.2. The molecule has 0 heterocycles. The van der Waals surface area contributed by atoms with Crippen LogP contribution in [0.4, 0.5) is 0 Å². The van der Waals surface area contributed by atoms with Crippen LogP contribution in [0.1, 0.15) is 13.3 Å². The van der Waals surface area contributed by atoms with Gasteiger partial charge in [-0.2, -0.15) is 0 Å². The molecule has 62 valence electrons. The molecule has 0 aromatic carbocycles. The summed E-state index contributed by atoms with van der Waals surface area (Å²) >= 11 is -2.21. The Balaban J connectivity index is 2.85. The molecular weight excluding hydrogens is 215 g/mol. The molecule has 1 rings (SSSR count). The van der Waals surface area contributed by atoms with Crippen LogP contribution in [0, 0.1) is 0 Å². The van der Waals surface area contributed by atoms with E-state index in [9.17, 15) is 0 Å². The third-order valence-corrected chi connectivity index (χ3v) is 9.96. The van der Waals surface area contributed by atoms with E-state index in [1.54, 1.807) is 3.28 Å². The van der Waals surface area contributed by atoms with Gasteiger partial charge in [0.1, 0.15) is 0 Å². The molecule has 1 aliphatic rings. The molecule has 2 heteroatoms. The topological polar surface area (TPSA) is 9.23 Å². The molecule has 0 spiro atoms. The van der Waals surface area contributed by atoms with Gasteiger partial charge in [0.05, 0.1) is 0 Å². The van der Waals surface area contributed by atoms with Crippen molar-refractivity contribution >= 4 is 0 Å². The Morgan fingerprint density at radius 3 is 2.45 bits per heavy atom. The van der Waals surface area contributed by atoms with Crippen molar-refractivity contribution < 1.29 is 23.5 Å². The van der Waals surface area contributed by atoms with E-state index in [0.717, 1.165) is 6.42 Å². The van der Waals surface area contributed by atoms with Crippen LogP contribution in [0.15, 0.2) is 21.0 Å². The van der Waals surface area contributed by atoms with Crippen LogP contribution >= 0.6 is 0 Å². The summed E-state index contributed by atoms with van der Waals surface area (Å²) in [6.07, 6.45) is 5.60. The Hall–Kier alpha value is 0.323. The molecule has 1 nitrogen and oxygen atoms in total. The van der Waals surface area contributed by atoms with Crippen molar-refractivity contribution in [3.05, 3.63) is 21.0 Å². The van der Waals surface area contributed by atoms with Crippen molar-refractivity contribution in [2.45, 2.75) is 22.6 Å². The minimum atomic E-state index is -2.21. The summed E-state index contributed by atoms with van der Waals surface area (Å²) in [6, 6.07) is 0. The van der Waals surface area contributed by atoms with E-state index in [-0.39, 0.29) is 0 Å². The quantitative estimate of drug-likeness (QED) is 0.710. The van der Waals surface area contributed by atoms with Crippen LogP contribution < -0.4 is 0 Å². The van der Waals surface area contributed by atoms with Gasteiger partial charge >= 0.3 is 74.2 Å². The van der Waals surface area contributed by atoms with E-state index < -0.39 is 20.7 Å². The Kier molecular flexibility index (Phi) is 2.88. The minimum absolute atomic E-state index is 1.14. The van der Waals surface area contributed by atoms with Crippen molar-refractivity contribution in [1.82, 2.24) is 0 Å². The molecule has 0 radical (unpaired) electrons. The summed E-state index contributed by atoms with van der Waals surface area (Å²) in [5, 5.41) is 0. The standard InChI is InChI=1S/C6H7.CH3O.2CH3.Zr/c1-6-4-2-3-5-6;1-2;;;/h2,4H,3H2,1H3;1H3;2*1H3;/q;-1;;;+1. The van der Waals surface area contributed by atoms with Crippen LogP contribution in [-0.2, 0) is 23.5 Å². The first-order valence-corrected chi connectivity index (χ1v) is 11.1. The Morgan fingerprint density at radius 2 is 2.09 bits per heavy atom. The molecule has 11 heavy (non-hydrogen) atoms. The van der Waals surface area contributed by atoms with Crippen molar-refractivity contribution in [1.29, 1.82) is 0 Å². The summed E-state index contributed by atoms with van der Waals surface area (Å²) in [7, 11) is 1.86. The zero-order valence-electron chi connectivity index (χ0n) is 7.77.